The minimum absolute atomic E-state index is 0.103. The Labute approximate surface area is 127 Å². The highest BCUT2D eigenvalue weighted by Gasteiger charge is 2.37. The van der Waals surface area contributed by atoms with Crippen molar-refractivity contribution in [2.75, 3.05) is 6.61 Å². The number of benzene rings is 1. The number of rotatable bonds is 7. The van der Waals surface area contributed by atoms with Crippen molar-refractivity contribution < 1.29 is 4.74 Å². The molecule has 19 heavy (non-hydrogen) atoms. The second-order valence-corrected chi connectivity index (χ2v) is 6.29. The number of hydrazine groups is 1. The van der Waals surface area contributed by atoms with Crippen molar-refractivity contribution in [1.29, 1.82) is 0 Å². The molecule has 1 aliphatic rings. The van der Waals surface area contributed by atoms with Crippen LogP contribution in [0.1, 0.15) is 25.3 Å². The van der Waals surface area contributed by atoms with E-state index >= 15 is 0 Å². The number of hydrogen-bond acceptors (Lipinski definition) is 3. The van der Waals surface area contributed by atoms with Crippen LogP contribution >= 0.6 is 27.5 Å². The second-order valence-electron chi connectivity index (χ2n) is 4.97. The van der Waals surface area contributed by atoms with Gasteiger partial charge in [0.1, 0.15) is 0 Å². The van der Waals surface area contributed by atoms with Crippen LogP contribution in [0.2, 0.25) is 5.02 Å². The van der Waals surface area contributed by atoms with Crippen LogP contribution in [0.5, 0.6) is 0 Å². The third-order valence-electron chi connectivity index (χ3n) is 3.51. The predicted octanol–water partition coefficient (Wildman–Crippen LogP) is 3.29. The van der Waals surface area contributed by atoms with Gasteiger partial charge in [0.15, 0.2) is 0 Å². The zero-order valence-electron chi connectivity index (χ0n) is 11.0. The minimum atomic E-state index is 0.103. The van der Waals surface area contributed by atoms with Crippen LogP contribution < -0.4 is 11.3 Å². The summed E-state index contributed by atoms with van der Waals surface area (Å²) in [6.45, 7) is 2.74. The van der Waals surface area contributed by atoms with Crippen molar-refractivity contribution >= 4 is 27.5 Å². The molecule has 0 aliphatic heterocycles. The first-order valence-corrected chi connectivity index (χ1v) is 7.84. The molecule has 0 aromatic heterocycles. The summed E-state index contributed by atoms with van der Waals surface area (Å²) < 4.78 is 6.85. The van der Waals surface area contributed by atoms with Gasteiger partial charge in [-0.05, 0) is 49.8 Å². The Bertz CT molecular complexity index is 426. The van der Waals surface area contributed by atoms with Gasteiger partial charge in [-0.15, -0.1) is 0 Å². The molecule has 0 bridgehead atoms. The lowest BCUT2D eigenvalue weighted by Crippen LogP contribution is -2.47. The first-order valence-electron chi connectivity index (χ1n) is 6.67. The maximum absolute atomic E-state index is 6.27. The van der Waals surface area contributed by atoms with E-state index in [0.717, 1.165) is 21.5 Å². The molecule has 2 unspecified atom stereocenters. The number of halogens is 2. The lowest BCUT2D eigenvalue weighted by Gasteiger charge is -2.27. The third-order valence-corrected chi connectivity index (χ3v) is 4.36. The molecule has 0 amide bonds. The van der Waals surface area contributed by atoms with Crippen LogP contribution in [0.4, 0.5) is 0 Å². The molecule has 1 fully saturated rings. The van der Waals surface area contributed by atoms with Gasteiger partial charge in [0.25, 0.3) is 0 Å². The monoisotopic (exact) mass is 346 g/mol. The van der Waals surface area contributed by atoms with Gasteiger partial charge < -0.3 is 4.74 Å². The maximum atomic E-state index is 6.27. The Hall–Kier alpha value is -0.130. The minimum Gasteiger partial charge on any atom is -0.377 e. The van der Waals surface area contributed by atoms with E-state index in [1.165, 1.54) is 12.8 Å². The molecular weight excluding hydrogens is 328 g/mol. The van der Waals surface area contributed by atoms with E-state index < -0.39 is 0 Å². The highest BCUT2D eigenvalue weighted by atomic mass is 79.9. The van der Waals surface area contributed by atoms with Crippen molar-refractivity contribution in [3.8, 4) is 0 Å². The van der Waals surface area contributed by atoms with Gasteiger partial charge in [-0.25, -0.2) is 0 Å². The van der Waals surface area contributed by atoms with E-state index in [-0.39, 0.29) is 12.1 Å². The molecule has 5 heteroatoms. The number of hydrogen-bond donors (Lipinski definition) is 2. The Morgan fingerprint density at radius 1 is 1.53 bits per heavy atom. The van der Waals surface area contributed by atoms with E-state index in [1.807, 2.05) is 25.1 Å². The maximum Gasteiger partial charge on any atom is 0.0772 e. The third kappa shape index (κ3) is 4.17. The fourth-order valence-electron chi connectivity index (χ4n) is 2.39. The second kappa shape index (κ2) is 7.04. The molecule has 0 radical (unpaired) electrons. The van der Waals surface area contributed by atoms with Gasteiger partial charge in [0.05, 0.1) is 12.1 Å². The molecule has 2 rings (SSSR count). The average molecular weight is 348 g/mol. The molecule has 0 heterocycles. The molecule has 0 spiro atoms. The van der Waals surface area contributed by atoms with Crippen LogP contribution in [-0.4, -0.2) is 18.8 Å². The van der Waals surface area contributed by atoms with Gasteiger partial charge in [-0.3, -0.25) is 11.3 Å². The molecule has 3 N–H and O–H groups in total. The van der Waals surface area contributed by atoms with Gasteiger partial charge in [0, 0.05) is 16.1 Å². The summed E-state index contributed by atoms with van der Waals surface area (Å²) in [6, 6.07) is 6.05. The van der Waals surface area contributed by atoms with Crippen LogP contribution in [0.25, 0.3) is 0 Å². The summed E-state index contributed by atoms with van der Waals surface area (Å²) in [6.07, 6.45) is 3.42. The van der Waals surface area contributed by atoms with E-state index in [4.69, 9.17) is 22.2 Å². The Morgan fingerprint density at radius 3 is 2.79 bits per heavy atom. The topological polar surface area (TPSA) is 47.3 Å². The van der Waals surface area contributed by atoms with Crippen LogP contribution in [0, 0.1) is 5.92 Å². The van der Waals surface area contributed by atoms with Crippen LogP contribution in [0.3, 0.4) is 0 Å². The van der Waals surface area contributed by atoms with E-state index in [1.54, 1.807) is 0 Å². The fourth-order valence-corrected chi connectivity index (χ4v) is 3.14. The number of ether oxygens (including phenoxy) is 1. The summed E-state index contributed by atoms with van der Waals surface area (Å²) in [5.74, 6) is 6.35. The van der Waals surface area contributed by atoms with E-state index in [2.05, 4.69) is 21.4 Å². The molecule has 2 atom stereocenters. The van der Waals surface area contributed by atoms with Crippen molar-refractivity contribution in [2.45, 2.75) is 38.3 Å². The lowest BCUT2D eigenvalue weighted by molar-refractivity contribution is 0.0192. The molecule has 1 aromatic rings. The molecule has 1 aromatic carbocycles. The molecule has 1 aliphatic carbocycles. The van der Waals surface area contributed by atoms with Crippen molar-refractivity contribution in [1.82, 2.24) is 5.43 Å². The molecule has 0 saturated heterocycles. The normalized spacial score (nSPS) is 18.3. The highest BCUT2D eigenvalue weighted by Crippen LogP contribution is 2.36. The Morgan fingerprint density at radius 2 is 2.26 bits per heavy atom. The van der Waals surface area contributed by atoms with Crippen LogP contribution in [-0.2, 0) is 11.2 Å². The standard InChI is InChI=1S/C14H20BrClN2O/c1-2-19-14(9-3-4-9)13(18-17)7-10-5-6-11(15)8-12(10)16/h5-6,8-9,13-14,18H,2-4,7,17H2,1H3. The average Bonchev–Trinajstić information content (AvgIpc) is 3.20. The van der Waals surface area contributed by atoms with E-state index in [0.29, 0.717) is 12.5 Å². The summed E-state index contributed by atoms with van der Waals surface area (Å²) in [7, 11) is 0. The van der Waals surface area contributed by atoms with Crippen LogP contribution in [0.15, 0.2) is 22.7 Å². The van der Waals surface area contributed by atoms with E-state index in [9.17, 15) is 0 Å². The Balaban J connectivity index is 2.08. The van der Waals surface area contributed by atoms with Gasteiger partial charge in [-0.2, -0.15) is 0 Å². The van der Waals surface area contributed by atoms with Crippen molar-refractivity contribution in [2.24, 2.45) is 11.8 Å². The summed E-state index contributed by atoms with van der Waals surface area (Å²) in [4.78, 5) is 0. The lowest BCUT2D eigenvalue weighted by atomic mass is 9.98. The van der Waals surface area contributed by atoms with Gasteiger partial charge in [-0.1, -0.05) is 33.6 Å². The number of nitrogens with two attached hydrogens (primary N) is 1. The summed E-state index contributed by atoms with van der Waals surface area (Å²) in [5.41, 5.74) is 4.00. The fraction of sp³-hybridized carbons (Fsp3) is 0.571. The molecule has 106 valence electrons. The largest absolute Gasteiger partial charge is 0.377 e. The first-order chi connectivity index (χ1) is 9.15. The Kier molecular flexibility index (Phi) is 5.66. The smallest absolute Gasteiger partial charge is 0.0772 e. The molecule has 1 saturated carbocycles. The SMILES string of the molecule is CCOC(C1CC1)C(Cc1ccc(Br)cc1Cl)NN. The van der Waals surface area contributed by atoms with Gasteiger partial charge >= 0.3 is 0 Å². The highest BCUT2D eigenvalue weighted by molar-refractivity contribution is 9.10. The first kappa shape index (κ1) is 15.3. The van der Waals surface area contributed by atoms with Gasteiger partial charge in [0.2, 0.25) is 0 Å². The molecule has 3 nitrogen and oxygen atoms in total. The summed E-state index contributed by atoms with van der Waals surface area (Å²) >= 11 is 9.69. The quantitative estimate of drug-likeness (QED) is 0.588. The van der Waals surface area contributed by atoms with Crippen molar-refractivity contribution in [3.05, 3.63) is 33.3 Å². The number of nitrogens with one attached hydrogen (secondary N) is 1. The zero-order valence-corrected chi connectivity index (χ0v) is 13.4. The zero-order chi connectivity index (χ0) is 13.8. The molecular formula is C14H20BrClN2O. The predicted molar refractivity (Wildman–Crippen MR) is 82.1 cm³/mol. The summed E-state index contributed by atoms with van der Waals surface area (Å²) in [5, 5.41) is 0.765. The van der Waals surface area contributed by atoms with Crippen molar-refractivity contribution in [3.63, 3.8) is 0 Å².